The molecule has 0 atom stereocenters. The SMILES string of the molecule is CC[N+]1(CC)CCCC1.[I][Ni][I]. The predicted octanol–water partition coefficient (Wildman–Crippen LogP) is 3.41. The average Bonchev–Trinajstić information content (AvgIpc) is 2.55. The van der Waals surface area contributed by atoms with Crippen molar-refractivity contribution in [2.45, 2.75) is 26.7 Å². The Morgan fingerprint density at radius 1 is 1.08 bits per heavy atom. The van der Waals surface area contributed by atoms with E-state index in [2.05, 4.69) is 54.8 Å². The van der Waals surface area contributed by atoms with Gasteiger partial charge in [0.15, 0.2) is 0 Å². The van der Waals surface area contributed by atoms with E-state index in [1.54, 1.807) is 8.07 Å². The van der Waals surface area contributed by atoms with E-state index in [4.69, 9.17) is 0 Å². The van der Waals surface area contributed by atoms with Gasteiger partial charge < -0.3 is 4.48 Å². The minimum atomic E-state index is 1.34. The summed E-state index contributed by atoms with van der Waals surface area (Å²) in [5.41, 5.74) is 0. The van der Waals surface area contributed by atoms with Crippen LogP contribution in [0.2, 0.25) is 0 Å². The second-order valence-corrected chi connectivity index (χ2v) is 11.5. The molecular formula is C8H18I2NNi+. The Balaban J connectivity index is 0.000000354. The Morgan fingerprint density at radius 3 is 1.58 bits per heavy atom. The van der Waals surface area contributed by atoms with Gasteiger partial charge in [0, 0.05) is 12.8 Å². The first-order valence-corrected chi connectivity index (χ1v) is 10.8. The van der Waals surface area contributed by atoms with Crippen LogP contribution in [0, 0.1) is 0 Å². The van der Waals surface area contributed by atoms with Gasteiger partial charge in [0.1, 0.15) is 0 Å². The van der Waals surface area contributed by atoms with Crippen molar-refractivity contribution in [3.63, 3.8) is 0 Å². The number of nitrogens with zero attached hydrogens (tertiary/aromatic N) is 1. The first-order valence-electron chi connectivity index (χ1n) is 4.42. The van der Waals surface area contributed by atoms with Crippen LogP contribution in [0.4, 0.5) is 0 Å². The Morgan fingerprint density at radius 2 is 1.42 bits per heavy atom. The first-order chi connectivity index (χ1) is 5.74. The van der Waals surface area contributed by atoms with Crippen molar-refractivity contribution >= 4 is 41.0 Å². The standard InChI is InChI=1S/C8H18N.2HI.Ni/c1-3-9(4-2)7-5-6-8-9;;;/h3-8H2,1-2H3;2*1H;/q+1;;;+2/p-2. The van der Waals surface area contributed by atoms with Gasteiger partial charge in [-0.05, 0) is 13.8 Å². The van der Waals surface area contributed by atoms with E-state index >= 15 is 0 Å². The molecule has 0 aromatic carbocycles. The summed E-state index contributed by atoms with van der Waals surface area (Å²) in [6, 6.07) is 0. The van der Waals surface area contributed by atoms with Gasteiger partial charge >= 0.3 is 49.0 Å². The third-order valence-corrected chi connectivity index (χ3v) is 2.86. The molecule has 1 aliphatic rings. The molecule has 0 aliphatic carbocycles. The van der Waals surface area contributed by atoms with Crippen molar-refractivity contribution < 1.29 is 12.6 Å². The summed E-state index contributed by atoms with van der Waals surface area (Å²) in [5.74, 6) is 0. The number of quaternary nitrogens is 1. The fourth-order valence-corrected chi connectivity index (χ4v) is 1.86. The van der Waals surface area contributed by atoms with Gasteiger partial charge in [-0.2, -0.15) is 0 Å². The van der Waals surface area contributed by atoms with Crippen LogP contribution in [0.3, 0.4) is 0 Å². The molecule has 4 heteroatoms. The fraction of sp³-hybridized carbons (Fsp3) is 1.00. The van der Waals surface area contributed by atoms with Crippen molar-refractivity contribution in [2.24, 2.45) is 0 Å². The number of likely N-dealkylation sites (tertiary alicyclic amines) is 1. The van der Waals surface area contributed by atoms with Crippen molar-refractivity contribution in [3.8, 4) is 0 Å². The van der Waals surface area contributed by atoms with E-state index in [-0.39, 0.29) is 0 Å². The molecule has 1 nitrogen and oxygen atoms in total. The maximum absolute atomic E-state index is 2.31. The summed E-state index contributed by atoms with van der Waals surface area (Å²) >= 11 is 4.43. The van der Waals surface area contributed by atoms with Crippen molar-refractivity contribution in [1.29, 1.82) is 0 Å². The van der Waals surface area contributed by atoms with Crippen molar-refractivity contribution in [3.05, 3.63) is 0 Å². The molecule has 0 amide bonds. The average molecular weight is 441 g/mol. The van der Waals surface area contributed by atoms with Crippen LogP contribution in [-0.2, 0) is 8.07 Å². The molecule has 1 rings (SSSR count). The molecule has 78 valence electrons. The van der Waals surface area contributed by atoms with E-state index in [1.165, 1.54) is 43.5 Å². The van der Waals surface area contributed by atoms with Crippen LogP contribution in [0.15, 0.2) is 0 Å². The minimum absolute atomic E-state index is 1.34. The van der Waals surface area contributed by atoms with E-state index in [0.717, 1.165) is 0 Å². The van der Waals surface area contributed by atoms with Gasteiger partial charge in [0.05, 0.1) is 26.2 Å². The van der Waals surface area contributed by atoms with E-state index in [1.807, 2.05) is 0 Å². The summed E-state index contributed by atoms with van der Waals surface area (Å²) < 4.78 is 1.39. The van der Waals surface area contributed by atoms with Crippen LogP contribution in [0.5, 0.6) is 0 Å². The zero-order valence-corrected chi connectivity index (χ0v) is 13.1. The van der Waals surface area contributed by atoms with Crippen molar-refractivity contribution in [2.75, 3.05) is 26.2 Å². The molecule has 1 fully saturated rings. The van der Waals surface area contributed by atoms with Crippen LogP contribution in [0.25, 0.3) is 0 Å². The summed E-state index contributed by atoms with van der Waals surface area (Å²) in [7, 11) is 1.56. The Bertz CT molecular complexity index is 99.2. The summed E-state index contributed by atoms with van der Waals surface area (Å²) in [4.78, 5) is 0. The molecule has 0 unspecified atom stereocenters. The zero-order chi connectivity index (χ0) is 9.45. The predicted molar refractivity (Wildman–Crippen MR) is 68.4 cm³/mol. The van der Waals surface area contributed by atoms with Gasteiger partial charge in [-0.15, -0.1) is 0 Å². The summed E-state index contributed by atoms with van der Waals surface area (Å²) in [6.07, 6.45) is 2.92. The van der Waals surface area contributed by atoms with Gasteiger partial charge in [0.25, 0.3) is 0 Å². The number of hydrogen-bond acceptors (Lipinski definition) is 0. The molecule has 12 heavy (non-hydrogen) atoms. The van der Waals surface area contributed by atoms with E-state index in [0.29, 0.717) is 0 Å². The number of hydrogen-bond donors (Lipinski definition) is 0. The Labute approximate surface area is 105 Å². The van der Waals surface area contributed by atoms with Crippen molar-refractivity contribution in [1.82, 2.24) is 0 Å². The molecule has 1 heterocycles. The fourth-order valence-electron chi connectivity index (χ4n) is 1.86. The third kappa shape index (κ3) is 4.96. The first kappa shape index (κ1) is 13.9. The van der Waals surface area contributed by atoms with Gasteiger partial charge in [-0.1, -0.05) is 0 Å². The number of halogens is 2. The molecule has 0 aromatic rings. The second kappa shape index (κ2) is 8.24. The molecular weight excluding hydrogens is 423 g/mol. The summed E-state index contributed by atoms with van der Waals surface area (Å²) in [5, 5.41) is 0. The molecule has 0 radical (unpaired) electrons. The zero-order valence-electron chi connectivity index (χ0n) is 7.76. The Kier molecular flexibility index (Phi) is 9.55. The van der Waals surface area contributed by atoms with Crippen LogP contribution in [0.1, 0.15) is 26.7 Å². The van der Waals surface area contributed by atoms with Crippen LogP contribution < -0.4 is 0 Å². The monoisotopic (exact) mass is 440 g/mol. The quantitative estimate of drug-likeness (QED) is 0.351. The summed E-state index contributed by atoms with van der Waals surface area (Å²) in [6.45, 7) is 10.2. The maximum atomic E-state index is 2.31. The molecule has 0 bridgehead atoms. The van der Waals surface area contributed by atoms with Gasteiger partial charge in [-0.25, -0.2) is 0 Å². The third-order valence-electron chi connectivity index (χ3n) is 2.86. The van der Waals surface area contributed by atoms with Crippen LogP contribution in [-0.4, -0.2) is 30.7 Å². The van der Waals surface area contributed by atoms with Gasteiger partial charge in [-0.3, -0.25) is 0 Å². The molecule has 1 aliphatic heterocycles. The second-order valence-electron chi connectivity index (χ2n) is 3.17. The molecule has 1 saturated heterocycles. The topological polar surface area (TPSA) is 0 Å². The molecule has 0 spiro atoms. The molecule has 0 aromatic heterocycles. The van der Waals surface area contributed by atoms with E-state index < -0.39 is 0 Å². The molecule has 0 saturated carbocycles. The van der Waals surface area contributed by atoms with Gasteiger partial charge in [0.2, 0.25) is 0 Å². The van der Waals surface area contributed by atoms with E-state index in [9.17, 15) is 0 Å². The number of rotatable bonds is 2. The molecule has 0 N–H and O–H groups in total. The normalized spacial score (nSPS) is 20.3. The Hall–Kier alpha value is 1.91. The van der Waals surface area contributed by atoms with Crippen LogP contribution >= 0.6 is 41.0 Å².